The fourth-order valence-electron chi connectivity index (χ4n) is 3.71. The van der Waals surface area contributed by atoms with Gasteiger partial charge in [0.25, 0.3) is 11.8 Å². The number of ketones is 1. The van der Waals surface area contributed by atoms with E-state index in [4.69, 9.17) is 11.6 Å². The zero-order valence-electron chi connectivity index (χ0n) is 15.3. The highest BCUT2D eigenvalue weighted by Crippen LogP contribution is 2.33. The molecule has 2 aromatic carbocycles. The molecule has 0 aliphatic carbocycles. The topological polar surface area (TPSA) is 133 Å². The number of tetrazole rings is 1. The molecule has 1 saturated heterocycles. The summed E-state index contributed by atoms with van der Waals surface area (Å²) in [6.45, 7) is 0.0836. The number of aromatic amines is 1. The lowest BCUT2D eigenvalue weighted by Gasteiger charge is -2.40. The number of hydrogen-bond donors (Lipinski definition) is 3. The van der Waals surface area contributed by atoms with Gasteiger partial charge < -0.3 is 5.32 Å². The largest absolute Gasteiger partial charge is 0.372 e. The van der Waals surface area contributed by atoms with Crippen molar-refractivity contribution in [3.05, 3.63) is 58.6 Å². The number of H-pyrrole nitrogens is 1. The first-order chi connectivity index (χ1) is 14.5. The van der Waals surface area contributed by atoms with Crippen LogP contribution in [-0.4, -0.2) is 49.3 Å². The molecule has 0 radical (unpaired) electrons. The minimum absolute atomic E-state index is 0.0836. The highest BCUT2D eigenvalue weighted by atomic mass is 35.5. The van der Waals surface area contributed by atoms with Crippen molar-refractivity contribution in [3.8, 4) is 11.4 Å². The summed E-state index contributed by atoms with van der Waals surface area (Å²) in [5, 5.41) is 18.3. The number of rotatable bonds is 3. The molecule has 30 heavy (non-hydrogen) atoms. The van der Waals surface area contributed by atoms with Crippen molar-refractivity contribution in [3.63, 3.8) is 0 Å². The van der Waals surface area contributed by atoms with E-state index in [1.807, 2.05) is 0 Å². The zero-order chi connectivity index (χ0) is 20.8. The van der Waals surface area contributed by atoms with Gasteiger partial charge in [0.05, 0.1) is 6.54 Å². The lowest BCUT2D eigenvalue weighted by Crippen LogP contribution is -2.65. The maximum Gasteiger partial charge on any atom is 0.262 e. The van der Waals surface area contributed by atoms with Crippen LogP contribution in [-0.2, 0) is 16.1 Å². The van der Waals surface area contributed by atoms with Crippen molar-refractivity contribution in [1.82, 2.24) is 31.1 Å². The van der Waals surface area contributed by atoms with Crippen LogP contribution >= 0.6 is 11.6 Å². The molecule has 0 saturated carbocycles. The van der Waals surface area contributed by atoms with Gasteiger partial charge in [0.2, 0.25) is 5.82 Å². The molecule has 2 amide bonds. The molecule has 2 aliphatic rings. The van der Waals surface area contributed by atoms with E-state index < -0.39 is 29.6 Å². The van der Waals surface area contributed by atoms with Crippen molar-refractivity contribution in [2.45, 2.75) is 12.6 Å². The van der Waals surface area contributed by atoms with Crippen LogP contribution in [0.2, 0.25) is 5.02 Å². The Hall–Kier alpha value is -3.79. The molecule has 11 heteroatoms. The van der Waals surface area contributed by atoms with Crippen molar-refractivity contribution < 1.29 is 14.4 Å². The van der Waals surface area contributed by atoms with Gasteiger partial charge in [-0.1, -0.05) is 29.8 Å². The van der Waals surface area contributed by atoms with E-state index in [2.05, 4.69) is 31.4 Å². The van der Waals surface area contributed by atoms with E-state index in [0.29, 0.717) is 27.7 Å². The number of amides is 2. The summed E-state index contributed by atoms with van der Waals surface area (Å²) in [7, 11) is 0. The average molecular weight is 424 g/mol. The first kappa shape index (κ1) is 18.3. The van der Waals surface area contributed by atoms with Gasteiger partial charge >= 0.3 is 0 Å². The summed E-state index contributed by atoms with van der Waals surface area (Å²) in [4.78, 5) is 38.8. The number of nitrogens with zero attached hydrogens (tertiary/aromatic N) is 4. The van der Waals surface area contributed by atoms with Crippen LogP contribution in [0, 0.1) is 5.92 Å². The van der Waals surface area contributed by atoms with Crippen LogP contribution in [0.3, 0.4) is 0 Å². The fourth-order valence-corrected chi connectivity index (χ4v) is 3.88. The second kappa shape index (κ2) is 6.92. The van der Waals surface area contributed by atoms with E-state index >= 15 is 0 Å². The van der Waals surface area contributed by atoms with Gasteiger partial charge in [-0.25, -0.2) is 5.01 Å². The summed E-state index contributed by atoms with van der Waals surface area (Å²) in [6.07, 6.45) is 0. The molecule has 10 nitrogen and oxygen atoms in total. The average Bonchev–Trinajstić information content (AvgIpc) is 3.27. The Morgan fingerprint density at radius 1 is 1.10 bits per heavy atom. The first-order valence-corrected chi connectivity index (χ1v) is 9.44. The Bertz CT molecular complexity index is 1180. The van der Waals surface area contributed by atoms with Crippen LogP contribution < -0.4 is 10.7 Å². The van der Waals surface area contributed by atoms with Gasteiger partial charge in [-0.05, 0) is 35.0 Å². The molecular formula is C19H14ClN7O3. The molecule has 1 aromatic heterocycles. The van der Waals surface area contributed by atoms with E-state index in [1.165, 1.54) is 5.01 Å². The summed E-state index contributed by atoms with van der Waals surface area (Å²) >= 11 is 5.99. The Morgan fingerprint density at radius 2 is 1.97 bits per heavy atom. The molecule has 2 atom stereocenters. The third-order valence-corrected chi connectivity index (χ3v) is 5.34. The molecule has 5 rings (SSSR count). The van der Waals surface area contributed by atoms with E-state index in [1.54, 1.807) is 42.5 Å². The monoisotopic (exact) mass is 423 g/mol. The van der Waals surface area contributed by atoms with Gasteiger partial charge in [-0.2, -0.15) is 5.21 Å². The highest BCUT2D eigenvalue weighted by molar-refractivity contribution is 6.31. The number of carbonyl (C=O) groups is 3. The number of fused-ring (bicyclic) bond motifs is 2. The molecule has 1 fully saturated rings. The number of carbonyl (C=O) groups excluding carboxylic acids is 3. The van der Waals surface area contributed by atoms with E-state index in [9.17, 15) is 14.4 Å². The van der Waals surface area contributed by atoms with Crippen molar-refractivity contribution in [2.24, 2.45) is 5.92 Å². The molecule has 3 N–H and O–H groups in total. The predicted octanol–water partition coefficient (Wildman–Crippen LogP) is 1.19. The van der Waals surface area contributed by atoms with Crippen LogP contribution in [0.4, 0.5) is 5.69 Å². The second-order valence-corrected chi connectivity index (χ2v) is 7.43. The predicted molar refractivity (Wildman–Crippen MR) is 105 cm³/mol. The molecule has 2 aliphatic heterocycles. The number of nitrogens with one attached hydrogen (secondary N) is 3. The first-order valence-electron chi connectivity index (χ1n) is 9.06. The quantitative estimate of drug-likeness (QED) is 0.539. The van der Waals surface area contributed by atoms with Crippen LogP contribution in [0.25, 0.3) is 11.4 Å². The molecule has 3 heterocycles. The highest BCUT2D eigenvalue weighted by Gasteiger charge is 2.49. The van der Waals surface area contributed by atoms with Gasteiger partial charge in [0.15, 0.2) is 5.78 Å². The third-order valence-electron chi connectivity index (χ3n) is 5.10. The Morgan fingerprint density at radius 3 is 2.77 bits per heavy atom. The standard InChI is InChI=1S/C19H14ClN7O3/c20-11-4-5-12-13(7-11)21-15-14(16(12)28)19(30)27(24-18(15)29)8-9-2-1-3-10(6-9)17-22-25-26-23-17/h1-7,14-15,21H,8H2,(H,24,29)(H,22,23,25,26). The summed E-state index contributed by atoms with van der Waals surface area (Å²) < 4.78 is 0. The van der Waals surface area contributed by atoms with E-state index in [0.717, 1.165) is 5.56 Å². The maximum absolute atomic E-state index is 13.1. The number of halogens is 1. The summed E-state index contributed by atoms with van der Waals surface area (Å²) in [5.74, 6) is -2.09. The zero-order valence-corrected chi connectivity index (χ0v) is 16.1. The molecule has 0 spiro atoms. The van der Waals surface area contributed by atoms with Crippen LogP contribution in [0.1, 0.15) is 15.9 Å². The Balaban J connectivity index is 1.43. The molecule has 0 bridgehead atoms. The summed E-state index contributed by atoms with van der Waals surface area (Å²) in [5.41, 5.74) is 4.79. The Kier molecular flexibility index (Phi) is 4.21. The summed E-state index contributed by atoms with van der Waals surface area (Å²) in [6, 6.07) is 10.9. The fraction of sp³-hybridized carbons (Fsp3) is 0.158. The van der Waals surface area contributed by atoms with Gasteiger partial charge in [0, 0.05) is 21.8 Å². The number of hydrazine groups is 1. The number of benzene rings is 2. The third kappa shape index (κ3) is 2.98. The minimum Gasteiger partial charge on any atom is -0.372 e. The van der Waals surface area contributed by atoms with Gasteiger partial charge in [-0.3, -0.25) is 19.8 Å². The number of aromatic nitrogens is 4. The Labute approximate surface area is 174 Å². The van der Waals surface area contributed by atoms with E-state index in [-0.39, 0.29) is 6.54 Å². The molecule has 2 unspecified atom stereocenters. The van der Waals surface area contributed by atoms with Crippen LogP contribution in [0.15, 0.2) is 42.5 Å². The lowest BCUT2D eigenvalue weighted by molar-refractivity contribution is -0.152. The normalized spacial score (nSPS) is 20.3. The SMILES string of the molecule is O=C1NN(Cc2cccc(-c3nn[nH]n3)c2)C(=O)C2C(=O)c3ccc(Cl)cc3NC12. The van der Waals surface area contributed by atoms with Crippen molar-refractivity contribution in [2.75, 3.05) is 5.32 Å². The van der Waals surface area contributed by atoms with Gasteiger partial charge in [-0.15, -0.1) is 10.2 Å². The maximum atomic E-state index is 13.1. The minimum atomic E-state index is -1.15. The lowest BCUT2D eigenvalue weighted by atomic mass is 9.83. The second-order valence-electron chi connectivity index (χ2n) is 6.99. The van der Waals surface area contributed by atoms with Crippen molar-refractivity contribution in [1.29, 1.82) is 0 Å². The smallest absolute Gasteiger partial charge is 0.262 e. The van der Waals surface area contributed by atoms with Crippen LogP contribution in [0.5, 0.6) is 0 Å². The number of anilines is 1. The molecular weight excluding hydrogens is 410 g/mol. The number of hydrogen-bond acceptors (Lipinski definition) is 7. The van der Waals surface area contributed by atoms with Crippen molar-refractivity contribution >= 4 is 34.9 Å². The molecule has 150 valence electrons. The van der Waals surface area contributed by atoms with Gasteiger partial charge in [0.1, 0.15) is 12.0 Å². The molecule has 3 aromatic rings. The number of Topliss-reactive ketones (excluding diaryl/α,β-unsaturated/α-hetero) is 1.